The number of aromatic nitrogens is 1. The van der Waals surface area contributed by atoms with Gasteiger partial charge in [0.1, 0.15) is 12.0 Å². The first kappa shape index (κ1) is 17.1. The quantitative estimate of drug-likeness (QED) is 0.747. The molecule has 4 nitrogen and oxygen atoms in total. The van der Waals surface area contributed by atoms with Crippen LogP contribution < -0.4 is 5.32 Å². The SMILES string of the molecule is O=C1c2cccnc2[C@H](Nc2ccc(F)c(F)c2)N1Cc1ccc(F)cc1. The van der Waals surface area contributed by atoms with Gasteiger partial charge in [-0.1, -0.05) is 12.1 Å². The average Bonchev–Trinajstić information content (AvgIpc) is 2.92. The average molecular weight is 369 g/mol. The Morgan fingerprint density at radius 1 is 1.00 bits per heavy atom. The standard InChI is InChI=1S/C20H14F3N3O/c21-13-5-3-12(4-6-13)11-26-19(18-15(20(26)27)2-1-9-24-18)25-14-7-8-16(22)17(23)10-14/h1-10,19,25H,11H2/t19-/m1/s1. The second-order valence-electron chi connectivity index (χ2n) is 6.17. The summed E-state index contributed by atoms with van der Waals surface area (Å²) in [6.07, 6.45) is 0.900. The highest BCUT2D eigenvalue weighted by Crippen LogP contribution is 2.34. The third kappa shape index (κ3) is 3.23. The molecule has 136 valence electrons. The van der Waals surface area contributed by atoms with Crippen LogP contribution in [0.25, 0.3) is 0 Å². The number of rotatable bonds is 4. The monoisotopic (exact) mass is 369 g/mol. The van der Waals surface area contributed by atoms with Crippen LogP contribution in [0.5, 0.6) is 0 Å². The number of anilines is 1. The summed E-state index contributed by atoms with van der Waals surface area (Å²) in [5.41, 5.74) is 1.97. The van der Waals surface area contributed by atoms with E-state index in [0.717, 1.165) is 17.7 Å². The van der Waals surface area contributed by atoms with Crippen molar-refractivity contribution in [3.63, 3.8) is 0 Å². The first-order chi connectivity index (χ1) is 13.0. The number of hydrogen-bond donors (Lipinski definition) is 1. The van der Waals surface area contributed by atoms with Crippen LogP contribution in [0.4, 0.5) is 18.9 Å². The summed E-state index contributed by atoms with van der Waals surface area (Å²) in [4.78, 5) is 18.6. The zero-order valence-electron chi connectivity index (χ0n) is 14.0. The molecule has 0 unspecified atom stereocenters. The zero-order valence-corrected chi connectivity index (χ0v) is 14.0. The van der Waals surface area contributed by atoms with Crippen molar-refractivity contribution in [3.05, 3.63) is 95.1 Å². The van der Waals surface area contributed by atoms with Crippen LogP contribution in [0.2, 0.25) is 0 Å². The fraction of sp³-hybridized carbons (Fsp3) is 0.100. The largest absolute Gasteiger partial charge is 0.360 e. The molecule has 1 N–H and O–H groups in total. The lowest BCUT2D eigenvalue weighted by Gasteiger charge is -2.26. The smallest absolute Gasteiger partial charge is 0.258 e. The van der Waals surface area contributed by atoms with Crippen molar-refractivity contribution >= 4 is 11.6 Å². The number of amides is 1. The van der Waals surface area contributed by atoms with Gasteiger partial charge in [0.05, 0.1) is 11.3 Å². The van der Waals surface area contributed by atoms with Gasteiger partial charge in [0.2, 0.25) is 0 Å². The number of nitrogens with one attached hydrogen (secondary N) is 1. The van der Waals surface area contributed by atoms with E-state index in [1.807, 2.05) is 0 Å². The Kier molecular flexibility index (Phi) is 4.27. The Morgan fingerprint density at radius 2 is 1.78 bits per heavy atom. The molecule has 2 heterocycles. The van der Waals surface area contributed by atoms with E-state index in [1.54, 1.807) is 30.5 Å². The molecule has 0 aliphatic carbocycles. The summed E-state index contributed by atoms with van der Waals surface area (Å²) in [6, 6.07) is 12.6. The van der Waals surface area contributed by atoms with E-state index in [9.17, 15) is 18.0 Å². The van der Waals surface area contributed by atoms with E-state index in [1.165, 1.54) is 23.1 Å². The normalized spacial score (nSPS) is 15.7. The van der Waals surface area contributed by atoms with Crippen LogP contribution in [0.3, 0.4) is 0 Å². The van der Waals surface area contributed by atoms with Gasteiger partial charge in [0, 0.05) is 24.5 Å². The number of pyridine rings is 1. The summed E-state index contributed by atoms with van der Waals surface area (Å²) in [7, 11) is 0. The molecule has 1 aliphatic heterocycles. The highest BCUT2D eigenvalue weighted by atomic mass is 19.2. The van der Waals surface area contributed by atoms with Gasteiger partial charge in [0.15, 0.2) is 11.6 Å². The molecular formula is C20H14F3N3O. The molecule has 27 heavy (non-hydrogen) atoms. The van der Waals surface area contributed by atoms with Crippen LogP contribution in [0, 0.1) is 17.5 Å². The molecule has 3 aromatic rings. The minimum absolute atomic E-state index is 0.205. The Morgan fingerprint density at radius 3 is 2.52 bits per heavy atom. The Bertz CT molecular complexity index is 1010. The fourth-order valence-electron chi connectivity index (χ4n) is 3.08. The Hall–Kier alpha value is -3.35. The highest BCUT2D eigenvalue weighted by molar-refractivity contribution is 5.98. The van der Waals surface area contributed by atoms with Gasteiger partial charge in [-0.25, -0.2) is 13.2 Å². The number of carbonyl (C=O) groups is 1. The van der Waals surface area contributed by atoms with Crippen LogP contribution in [0.1, 0.15) is 27.8 Å². The van der Waals surface area contributed by atoms with Crippen molar-refractivity contribution in [1.82, 2.24) is 9.88 Å². The molecule has 1 atom stereocenters. The molecule has 1 aliphatic rings. The lowest BCUT2D eigenvalue weighted by molar-refractivity contribution is 0.0727. The van der Waals surface area contributed by atoms with Crippen molar-refractivity contribution in [1.29, 1.82) is 0 Å². The summed E-state index contributed by atoms with van der Waals surface area (Å²) in [5.74, 6) is -2.56. The van der Waals surface area contributed by atoms with Crippen molar-refractivity contribution in [2.75, 3.05) is 5.32 Å². The Labute approximate surface area is 153 Å². The van der Waals surface area contributed by atoms with Gasteiger partial charge in [-0.15, -0.1) is 0 Å². The summed E-state index contributed by atoms with van der Waals surface area (Å²) < 4.78 is 39.9. The van der Waals surface area contributed by atoms with Crippen LogP contribution in [0.15, 0.2) is 60.8 Å². The lowest BCUT2D eigenvalue weighted by atomic mass is 10.2. The van der Waals surface area contributed by atoms with Crippen molar-refractivity contribution in [3.8, 4) is 0 Å². The molecule has 0 saturated heterocycles. The number of nitrogens with zero attached hydrogens (tertiary/aromatic N) is 2. The van der Waals surface area contributed by atoms with Gasteiger partial charge in [-0.05, 0) is 42.0 Å². The summed E-state index contributed by atoms with van der Waals surface area (Å²) in [5, 5.41) is 3.04. The van der Waals surface area contributed by atoms with Gasteiger partial charge in [0.25, 0.3) is 5.91 Å². The van der Waals surface area contributed by atoms with Crippen LogP contribution in [-0.4, -0.2) is 15.8 Å². The molecule has 0 fully saturated rings. The van der Waals surface area contributed by atoms with Crippen molar-refractivity contribution < 1.29 is 18.0 Å². The van der Waals surface area contributed by atoms with E-state index < -0.39 is 17.8 Å². The maximum Gasteiger partial charge on any atom is 0.258 e. The van der Waals surface area contributed by atoms with Gasteiger partial charge in [-0.2, -0.15) is 0 Å². The fourth-order valence-corrected chi connectivity index (χ4v) is 3.08. The molecule has 0 spiro atoms. The van der Waals surface area contributed by atoms with Gasteiger partial charge >= 0.3 is 0 Å². The first-order valence-corrected chi connectivity index (χ1v) is 8.25. The zero-order chi connectivity index (χ0) is 19.0. The van der Waals surface area contributed by atoms with E-state index in [4.69, 9.17) is 0 Å². The number of hydrogen-bond acceptors (Lipinski definition) is 3. The molecule has 0 bridgehead atoms. The van der Waals surface area contributed by atoms with Gasteiger partial charge in [-0.3, -0.25) is 9.78 Å². The van der Waals surface area contributed by atoms with E-state index in [2.05, 4.69) is 10.3 Å². The maximum atomic E-state index is 13.6. The number of carbonyl (C=O) groups excluding carboxylic acids is 1. The number of benzene rings is 2. The van der Waals surface area contributed by atoms with Crippen LogP contribution in [-0.2, 0) is 6.54 Å². The van der Waals surface area contributed by atoms with E-state index >= 15 is 0 Å². The number of halogens is 3. The predicted octanol–water partition coefficient (Wildman–Crippen LogP) is 4.27. The summed E-state index contributed by atoms with van der Waals surface area (Å²) in [6.45, 7) is 0.205. The second kappa shape index (κ2) is 6.75. The maximum absolute atomic E-state index is 13.6. The third-order valence-electron chi connectivity index (χ3n) is 4.39. The molecule has 7 heteroatoms. The van der Waals surface area contributed by atoms with E-state index in [-0.39, 0.29) is 18.3 Å². The Balaban J connectivity index is 1.68. The highest BCUT2D eigenvalue weighted by Gasteiger charge is 2.37. The molecule has 0 saturated carbocycles. The molecule has 2 aromatic carbocycles. The molecule has 4 rings (SSSR count). The lowest BCUT2D eigenvalue weighted by Crippen LogP contribution is -2.32. The van der Waals surface area contributed by atoms with Crippen molar-refractivity contribution in [2.45, 2.75) is 12.7 Å². The second-order valence-corrected chi connectivity index (χ2v) is 6.17. The molecule has 1 aromatic heterocycles. The minimum Gasteiger partial charge on any atom is -0.360 e. The number of fused-ring (bicyclic) bond motifs is 1. The minimum atomic E-state index is -0.990. The predicted molar refractivity (Wildman–Crippen MR) is 93.2 cm³/mol. The van der Waals surface area contributed by atoms with Gasteiger partial charge < -0.3 is 10.2 Å². The van der Waals surface area contributed by atoms with Crippen molar-refractivity contribution in [2.24, 2.45) is 0 Å². The van der Waals surface area contributed by atoms with E-state index in [0.29, 0.717) is 16.9 Å². The molecule has 1 amide bonds. The molecular weight excluding hydrogens is 355 g/mol. The molecule has 0 radical (unpaired) electrons. The summed E-state index contributed by atoms with van der Waals surface area (Å²) >= 11 is 0. The van der Waals surface area contributed by atoms with Crippen LogP contribution >= 0.6 is 0 Å². The topological polar surface area (TPSA) is 45.2 Å². The third-order valence-corrected chi connectivity index (χ3v) is 4.39. The first-order valence-electron chi connectivity index (χ1n) is 8.25.